The van der Waals surface area contributed by atoms with E-state index < -0.39 is 0 Å². The van der Waals surface area contributed by atoms with Crippen LogP contribution in [0.15, 0.2) is 10.5 Å². The summed E-state index contributed by atoms with van der Waals surface area (Å²) in [5, 5.41) is 4.30. The molecule has 3 nitrogen and oxygen atoms in total. The number of rotatable bonds is 0. The molecule has 4 heteroatoms. The van der Waals surface area contributed by atoms with Gasteiger partial charge in [0.25, 0.3) is 0 Å². The molecule has 0 bridgehead atoms. The lowest BCUT2D eigenvalue weighted by atomic mass is 10.3. The minimum Gasteiger partial charge on any atom is -0.218 e. The van der Waals surface area contributed by atoms with E-state index in [1.165, 1.54) is 0 Å². The Bertz CT molecular complexity index is 473. The highest BCUT2D eigenvalue weighted by atomic mass is 79.9. The fourth-order valence-corrected chi connectivity index (χ4v) is 1.87. The maximum Gasteiger partial charge on any atom is 0.159 e. The van der Waals surface area contributed by atoms with Crippen molar-refractivity contribution in [2.75, 3.05) is 0 Å². The molecule has 2 aromatic heterocycles. The Morgan fingerprint density at radius 3 is 2.69 bits per heavy atom. The van der Waals surface area contributed by atoms with E-state index in [9.17, 15) is 0 Å². The summed E-state index contributed by atoms with van der Waals surface area (Å²) in [5.74, 6) is 0.810. The van der Waals surface area contributed by atoms with E-state index in [1.54, 1.807) is 0 Å². The van der Waals surface area contributed by atoms with Crippen molar-refractivity contribution in [3.05, 3.63) is 27.6 Å². The molecule has 68 valence electrons. The lowest BCUT2D eigenvalue weighted by molar-refractivity contribution is 0.887. The quantitative estimate of drug-likeness (QED) is 0.707. The van der Waals surface area contributed by atoms with Crippen molar-refractivity contribution in [1.82, 2.24) is 14.6 Å². The zero-order chi connectivity index (χ0) is 9.59. The van der Waals surface area contributed by atoms with Gasteiger partial charge in [-0.3, -0.25) is 0 Å². The molecule has 0 N–H and O–H groups in total. The summed E-state index contributed by atoms with van der Waals surface area (Å²) in [7, 11) is 0. The number of nitrogens with zero attached hydrogens (tertiary/aromatic N) is 3. The number of aromatic nitrogens is 3. The van der Waals surface area contributed by atoms with Gasteiger partial charge in [0.15, 0.2) is 5.65 Å². The van der Waals surface area contributed by atoms with Gasteiger partial charge in [-0.25, -0.2) is 9.50 Å². The van der Waals surface area contributed by atoms with Gasteiger partial charge in [0.2, 0.25) is 0 Å². The first-order valence-electron chi connectivity index (χ1n) is 4.08. The largest absolute Gasteiger partial charge is 0.218 e. The molecule has 2 rings (SSSR count). The lowest BCUT2D eigenvalue weighted by Crippen LogP contribution is -1.96. The highest BCUT2D eigenvalue weighted by Gasteiger charge is 2.07. The molecule has 0 amide bonds. The van der Waals surface area contributed by atoms with Crippen molar-refractivity contribution in [1.29, 1.82) is 0 Å². The second kappa shape index (κ2) is 2.80. The van der Waals surface area contributed by atoms with Crippen LogP contribution < -0.4 is 0 Å². The van der Waals surface area contributed by atoms with Gasteiger partial charge in [0.1, 0.15) is 5.82 Å². The van der Waals surface area contributed by atoms with E-state index in [1.807, 2.05) is 25.3 Å². The van der Waals surface area contributed by atoms with Crippen molar-refractivity contribution >= 4 is 21.6 Å². The monoisotopic (exact) mass is 239 g/mol. The standard InChI is InChI=1S/C9H10BrN3/c1-5-4-8(10)6(2)9-11-7(3)12-13(5)9/h4H,1-3H3. The Morgan fingerprint density at radius 2 is 2.00 bits per heavy atom. The number of hydrogen-bond acceptors (Lipinski definition) is 2. The summed E-state index contributed by atoms with van der Waals surface area (Å²) in [6.45, 7) is 5.96. The summed E-state index contributed by atoms with van der Waals surface area (Å²) in [5.41, 5.74) is 3.16. The van der Waals surface area contributed by atoms with Crippen molar-refractivity contribution < 1.29 is 0 Å². The van der Waals surface area contributed by atoms with E-state index in [0.29, 0.717) is 0 Å². The van der Waals surface area contributed by atoms with Gasteiger partial charge in [-0.15, -0.1) is 0 Å². The van der Waals surface area contributed by atoms with Crippen molar-refractivity contribution in [3.8, 4) is 0 Å². The summed E-state index contributed by atoms with van der Waals surface area (Å²) >= 11 is 3.50. The van der Waals surface area contributed by atoms with Crippen LogP contribution in [0.5, 0.6) is 0 Å². The molecule has 0 atom stereocenters. The third-order valence-corrected chi connectivity index (χ3v) is 2.90. The van der Waals surface area contributed by atoms with Crippen LogP contribution in [0.3, 0.4) is 0 Å². The van der Waals surface area contributed by atoms with Gasteiger partial charge in [-0.1, -0.05) is 15.9 Å². The number of pyridine rings is 1. The number of hydrogen-bond donors (Lipinski definition) is 0. The summed E-state index contributed by atoms with van der Waals surface area (Å²) in [6.07, 6.45) is 0. The van der Waals surface area contributed by atoms with E-state index in [0.717, 1.165) is 27.2 Å². The second-order valence-corrected chi connectivity index (χ2v) is 4.01. The molecule has 0 aliphatic rings. The Kier molecular flexibility index (Phi) is 1.87. The van der Waals surface area contributed by atoms with Crippen LogP contribution in [0.25, 0.3) is 5.65 Å². The maximum atomic E-state index is 4.36. The van der Waals surface area contributed by atoms with Gasteiger partial charge in [0, 0.05) is 15.7 Å². The van der Waals surface area contributed by atoms with Gasteiger partial charge in [-0.2, -0.15) is 5.10 Å². The van der Waals surface area contributed by atoms with Crippen LogP contribution in [-0.4, -0.2) is 14.6 Å². The summed E-state index contributed by atoms with van der Waals surface area (Å²) < 4.78 is 2.96. The van der Waals surface area contributed by atoms with E-state index >= 15 is 0 Å². The van der Waals surface area contributed by atoms with Crippen molar-refractivity contribution in [3.63, 3.8) is 0 Å². The molecular weight excluding hydrogens is 230 g/mol. The normalized spacial score (nSPS) is 11.1. The molecule has 2 heterocycles. The molecule has 0 unspecified atom stereocenters. The molecule has 0 fully saturated rings. The highest BCUT2D eigenvalue weighted by molar-refractivity contribution is 9.10. The summed E-state index contributed by atoms with van der Waals surface area (Å²) in [4.78, 5) is 4.36. The van der Waals surface area contributed by atoms with Crippen LogP contribution in [0.2, 0.25) is 0 Å². The average Bonchev–Trinajstić information content (AvgIpc) is 2.44. The fourth-order valence-electron chi connectivity index (χ4n) is 1.36. The van der Waals surface area contributed by atoms with Gasteiger partial charge in [-0.05, 0) is 26.8 Å². The molecule has 13 heavy (non-hydrogen) atoms. The third-order valence-electron chi connectivity index (χ3n) is 2.08. The second-order valence-electron chi connectivity index (χ2n) is 3.15. The Morgan fingerprint density at radius 1 is 1.31 bits per heavy atom. The minimum absolute atomic E-state index is 0.810. The molecule has 0 saturated carbocycles. The lowest BCUT2D eigenvalue weighted by Gasteiger charge is -2.02. The van der Waals surface area contributed by atoms with Crippen LogP contribution in [0.4, 0.5) is 0 Å². The van der Waals surface area contributed by atoms with E-state index in [2.05, 4.69) is 32.1 Å². The molecule has 0 aliphatic carbocycles. The average molecular weight is 240 g/mol. The fraction of sp³-hybridized carbons (Fsp3) is 0.333. The Hall–Kier alpha value is -0.900. The molecule has 2 aromatic rings. The highest BCUT2D eigenvalue weighted by Crippen LogP contribution is 2.21. The zero-order valence-corrected chi connectivity index (χ0v) is 9.38. The molecule has 0 spiro atoms. The SMILES string of the molecule is Cc1nc2c(C)c(Br)cc(C)n2n1. The van der Waals surface area contributed by atoms with E-state index in [4.69, 9.17) is 0 Å². The minimum atomic E-state index is 0.810. The molecular formula is C9H10BrN3. The smallest absolute Gasteiger partial charge is 0.159 e. The van der Waals surface area contributed by atoms with Gasteiger partial charge >= 0.3 is 0 Å². The first-order valence-corrected chi connectivity index (χ1v) is 4.88. The van der Waals surface area contributed by atoms with Crippen molar-refractivity contribution in [2.24, 2.45) is 0 Å². The van der Waals surface area contributed by atoms with Crippen LogP contribution in [-0.2, 0) is 0 Å². The predicted octanol–water partition coefficient (Wildman–Crippen LogP) is 2.42. The van der Waals surface area contributed by atoms with Crippen LogP contribution in [0, 0.1) is 20.8 Å². The molecule has 0 aromatic carbocycles. The van der Waals surface area contributed by atoms with Crippen molar-refractivity contribution in [2.45, 2.75) is 20.8 Å². The van der Waals surface area contributed by atoms with Crippen LogP contribution >= 0.6 is 15.9 Å². The third kappa shape index (κ3) is 1.25. The topological polar surface area (TPSA) is 30.2 Å². The molecule has 0 saturated heterocycles. The number of halogens is 1. The molecule has 0 aliphatic heterocycles. The Labute approximate surface area is 84.9 Å². The maximum absolute atomic E-state index is 4.36. The van der Waals surface area contributed by atoms with Crippen LogP contribution in [0.1, 0.15) is 17.1 Å². The Balaban J connectivity index is 2.95. The van der Waals surface area contributed by atoms with E-state index in [-0.39, 0.29) is 0 Å². The predicted molar refractivity (Wildman–Crippen MR) is 54.9 cm³/mol. The van der Waals surface area contributed by atoms with Gasteiger partial charge < -0.3 is 0 Å². The number of fused-ring (bicyclic) bond motifs is 1. The first-order chi connectivity index (χ1) is 6.09. The first kappa shape index (κ1) is 8.69. The van der Waals surface area contributed by atoms with Gasteiger partial charge in [0.05, 0.1) is 0 Å². The summed E-state index contributed by atoms with van der Waals surface area (Å²) in [6, 6.07) is 2.05. The number of aryl methyl sites for hydroxylation is 3. The molecule has 0 radical (unpaired) electrons. The zero-order valence-electron chi connectivity index (χ0n) is 7.80.